The van der Waals surface area contributed by atoms with Crippen LogP contribution in [0, 0.1) is 0 Å². The van der Waals surface area contributed by atoms with Crippen molar-refractivity contribution in [2.75, 3.05) is 11.8 Å². The van der Waals surface area contributed by atoms with E-state index in [9.17, 15) is 4.79 Å². The molecule has 0 saturated heterocycles. The Morgan fingerprint density at radius 1 is 1.22 bits per heavy atom. The number of benzene rings is 1. The van der Waals surface area contributed by atoms with Crippen molar-refractivity contribution in [3.8, 4) is 11.5 Å². The smallest absolute Gasteiger partial charge is 0.340 e. The monoisotopic (exact) mass is 352 g/mol. The van der Waals surface area contributed by atoms with Crippen LogP contribution in [-0.2, 0) is 0 Å². The van der Waals surface area contributed by atoms with Gasteiger partial charge in [-0.15, -0.1) is 0 Å². The van der Waals surface area contributed by atoms with Gasteiger partial charge < -0.3 is 15.2 Å². The summed E-state index contributed by atoms with van der Waals surface area (Å²) in [6.45, 7) is 0.178. The lowest BCUT2D eigenvalue weighted by Crippen LogP contribution is -2.31. The molecule has 1 aromatic carbocycles. The number of hydrogen-bond donors (Lipinski definition) is 1. The van der Waals surface area contributed by atoms with Gasteiger partial charge in [-0.3, -0.25) is 0 Å². The van der Waals surface area contributed by atoms with Gasteiger partial charge in [0.05, 0.1) is 11.9 Å². The van der Waals surface area contributed by atoms with Crippen LogP contribution in [0.15, 0.2) is 35.4 Å². The van der Waals surface area contributed by atoms with E-state index >= 15 is 0 Å². The van der Waals surface area contributed by atoms with Crippen LogP contribution in [0.2, 0.25) is 10.3 Å². The van der Waals surface area contributed by atoms with Crippen molar-refractivity contribution < 1.29 is 14.3 Å². The molecular formula is C14H10Cl2N4O3. The normalized spacial score (nSPS) is 12.6. The highest BCUT2D eigenvalue weighted by Gasteiger charge is 2.15. The number of anilines is 1. The molecule has 3 rings (SSSR count). The molecule has 23 heavy (non-hydrogen) atoms. The summed E-state index contributed by atoms with van der Waals surface area (Å²) in [4.78, 5) is 15.4. The molecule has 7 nitrogen and oxygen atoms in total. The minimum Gasteiger partial charge on any atom is -0.454 e. The van der Waals surface area contributed by atoms with Crippen LogP contribution < -0.4 is 20.2 Å². The van der Waals surface area contributed by atoms with Crippen LogP contribution >= 0.6 is 23.2 Å². The number of aromatic nitrogens is 1. The Kier molecular flexibility index (Phi) is 4.22. The zero-order chi connectivity index (χ0) is 16.4. The average molecular weight is 353 g/mol. The van der Waals surface area contributed by atoms with Crippen molar-refractivity contribution in [1.29, 1.82) is 0 Å². The molecule has 1 aliphatic rings. The number of pyridine rings is 1. The topological polar surface area (TPSA) is 90.0 Å². The second-order valence-corrected chi connectivity index (χ2v) is 5.25. The van der Waals surface area contributed by atoms with Crippen LogP contribution in [0.4, 0.5) is 10.5 Å². The van der Waals surface area contributed by atoms with Crippen molar-refractivity contribution in [2.24, 2.45) is 10.8 Å². The van der Waals surface area contributed by atoms with E-state index in [0.717, 1.165) is 5.01 Å². The van der Waals surface area contributed by atoms with E-state index < -0.39 is 6.03 Å². The predicted octanol–water partition coefficient (Wildman–Crippen LogP) is 3.04. The van der Waals surface area contributed by atoms with Gasteiger partial charge >= 0.3 is 6.03 Å². The molecule has 0 radical (unpaired) electrons. The molecule has 9 heteroatoms. The van der Waals surface area contributed by atoms with Crippen molar-refractivity contribution >= 4 is 41.1 Å². The standard InChI is InChI=1S/C14H10Cl2N4O3/c15-12-4-9(5-13(16)19-12)20(14(17)21)18-6-8-1-2-10-11(3-8)23-7-22-10/h1-6H,7H2,(H2,17,21)/b18-6+. The van der Waals surface area contributed by atoms with Crippen molar-refractivity contribution in [3.63, 3.8) is 0 Å². The molecule has 0 spiro atoms. The third-order valence-electron chi connectivity index (χ3n) is 2.92. The summed E-state index contributed by atoms with van der Waals surface area (Å²) >= 11 is 11.6. The van der Waals surface area contributed by atoms with E-state index in [0.29, 0.717) is 22.7 Å². The molecule has 2 amide bonds. The number of nitrogens with two attached hydrogens (primary N) is 1. The minimum absolute atomic E-state index is 0.122. The van der Waals surface area contributed by atoms with Gasteiger partial charge in [0.2, 0.25) is 6.79 Å². The molecule has 0 bridgehead atoms. The largest absolute Gasteiger partial charge is 0.454 e. The van der Waals surface area contributed by atoms with Crippen LogP contribution in [0.1, 0.15) is 5.56 Å². The Morgan fingerprint density at radius 2 is 1.91 bits per heavy atom. The molecule has 0 unspecified atom stereocenters. The number of hydrazone groups is 1. The fraction of sp³-hybridized carbons (Fsp3) is 0.0714. The molecule has 0 aliphatic carbocycles. The van der Waals surface area contributed by atoms with E-state index in [1.807, 2.05) is 0 Å². The van der Waals surface area contributed by atoms with E-state index in [-0.39, 0.29) is 17.1 Å². The molecular weight excluding hydrogens is 343 g/mol. The predicted molar refractivity (Wildman–Crippen MR) is 86.5 cm³/mol. The maximum Gasteiger partial charge on any atom is 0.340 e. The third kappa shape index (κ3) is 3.46. The van der Waals surface area contributed by atoms with Crippen LogP contribution in [0.5, 0.6) is 11.5 Å². The fourth-order valence-electron chi connectivity index (χ4n) is 1.94. The molecule has 0 saturated carbocycles. The first-order valence-electron chi connectivity index (χ1n) is 6.39. The zero-order valence-corrected chi connectivity index (χ0v) is 13.1. The molecule has 0 fully saturated rings. The average Bonchev–Trinajstić information content (AvgIpc) is 2.93. The second kappa shape index (κ2) is 6.31. The number of amides is 2. The Balaban J connectivity index is 1.89. The quantitative estimate of drug-likeness (QED) is 0.522. The van der Waals surface area contributed by atoms with Gasteiger partial charge in [-0.25, -0.2) is 9.78 Å². The molecule has 1 aromatic heterocycles. The Labute approximate surface area is 141 Å². The summed E-state index contributed by atoms with van der Waals surface area (Å²) < 4.78 is 10.5. The summed E-state index contributed by atoms with van der Waals surface area (Å²) in [6.07, 6.45) is 1.45. The summed E-state index contributed by atoms with van der Waals surface area (Å²) in [5.74, 6) is 1.26. The summed E-state index contributed by atoms with van der Waals surface area (Å²) in [6, 6.07) is 7.31. The first-order valence-corrected chi connectivity index (χ1v) is 7.15. The molecule has 1 aliphatic heterocycles. The van der Waals surface area contributed by atoms with Gasteiger partial charge in [-0.2, -0.15) is 10.1 Å². The van der Waals surface area contributed by atoms with Crippen LogP contribution in [0.25, 0.3) is 0 Å². The maximum absolute atomic E-state index is 11.6. The Morgan fingerprint density at radius 3 is 2.61 bits per heavy atom. The summed E-state index contributed by atoms with van der Waals surface area (Å²) in [5, 5.41) is 5.27. The minimum atomic E-state index is -0.791. The van der Waals surface area contributed by atoms with Gasteiger partial charge in [-0.05, 0) is 23.8 Å². The van der Waals surface area contributed by atoms with Gasteiger partial charge in [0.25, 0.3) is 0 Å². The number of carbonyl (C=O) groups excluding carboxylic acids is 1. The highest BCUT2D eigenvalue weighted by molar-refractivity contribution is 6.33. The zero-order valence-electron chi connectivity index (χ0n) is 11.6. The van der Waals surface area contributed by atoms with Crippen molar-refractivity contribution in [2.45, 2.75) is 0 Å². The van der Waals surface area contributed by atoms with Gasteiger partial charge in [0.15, 0.2) is 11.5 Å². The highest BCUT2D eigenvalue weighted by atomic mass is 35.5. The lowest BCUT2D eigenvalue weighted by Gasteiger charge is -2.14. The van der Waals surface area contributed by atoms with E-state index in [4.69, 9.17) is 38.4 Å². The number of primary amides is 1. The molecule has 118 valence electrons. The number of urea groups is 1. The molecule has 0 atom stereocenters. The van der Waals surface area contributed by atoms with Crippen LogP contribution in [0.3, 0.4) is 0 Å². The number of rotatable bonds is 3. The number of hydrogen-bond acceptors (Lipinski definition) is 5. The first-order chi connectivity index (χ1) is 11.0. The number of nitrogens with zero attached hydrogens (tertiary/aromatic N) is 3. The Bertz CT molecular complexity index is 777. The second-order valence-electron chi connectivity index (χ2n) is 4.48. The van der Waals surface area contributed by atoms with Gasteiger partial charge in [0.1, 0.15) is 10.3 Å². The summed E-state index contributed by atoms with van der Waals surface area (Å²) in [5.41, 5.74) is 6.35. The number of halogens is 2. The number of ether oxygens (including phenoxy) is 2. The van der Waals surface area contributed by atoms with Crippen LogP contribution in [-0.4, -0.2) is 24.0 Å². The molecule has 2 heterocycles. The SMILES string of the molecule is NC(=O)N(/N=C/c1ccc2c(c1)OCO2)c1cc(Cl)nc(Cl)c1. The fourth-order valence-corrected chi connectivity index (χ4v) is 2.39. The molecule has 2 aromatic rings. The van der Waals surface area contributed by atoms with Gasteiger partial charge in [-0.1, -0.05) is 23.2 Å². The van der Waals surface area contributed by atoms with E-state index in [1.54, 1.807) is 18.2 Å². The lowest BCUT2D eigenvalue weighted by molar-refractivity contribution is 0.174. The Hall–Kier alpha value is -2.51. The number of carbonyl (C=O) groups is 1. The third-order valence-corrected chi connectivity index (χ3v) is 3.31. The molecule has 2 N–H and O–H groups in total. The lowest BCUT2D eigenvalue weighted by atomic mass is 10.2. The highest BCUT2D eigenvalue weighted by Crippen LogP contribution is 2.32. The summed E-state index contributed by atoms with van der Waals surface area (Å²) in [7, 11) is 0. The van der Waals surface area contributed by atoms with Gasteiger partial charge in [0, 0.05) is 12.1 Å². The van der Waals surface area contributed by atoms with E-state index in [2.05, 4.69) is 10.1 Å². The maximum atomic E-state index is 11.6. The van der Waals surface area contributed by atoms with Crippen molar-refractivity contribution in [3.05, 3.63) is 46.2 Å². The first kappa shape index (κ1) is 15.4. The van der Waals surface area contributed by atoms with E-state index in [1.165, 1.54) is 18.3 Å². The van der Waals surface area contributed by atoms with Crippen molar-refractivity contribution in [1.82, 2.24) is 4.98 Å². The number of fused-ring (bicyclic) bond motifs is 1.